The maximum absolute atomic E-state index is 11.9. The van der Waals surface area contributed by atoms with E-state index in [0.29, 0.717) is 10.0 Å². The number of H-pyrrole nitrogens is 1. The molecule has 5 nitrogen and oxygen atoms in total. The Labute approximate surface area is 124 Å². The number of nitrogens with zero attached hydrogens (tertiary/aromatic N) is 1. The smallest absolute Gasteiger partial charge is 0.272 e. The van der Waals surface area contributed by atoms with Crippen molar-refractivity contribution in [2.75, 3.05) is 0 Å². The molecule has 1 amide bonds. The summed E-state index contributed by atoms with van der Waals surface area (Å²) in [6.45, 7) is 1.81. The number of carbonyl (C=O) groups is 1. The lowest BCUT2D eigenvalue weighted by Gasteiger charge is -2.14. The Morgan fingerprint density at radius 2 is 2.00 bits per heavy atom. The van der Waals surface area contributed by atoms with Crippen LogP contribution in [-0.2, 0) is 0 Å². The van der Waals surface area contributed by atoms with Gasteiger partial charge in [-0.15, -0.1) is 0 Å². The molecule has 1 atom stereocenters. The summed E-state index contributed by atoms with van der Waals surface area (Å²) in [5, 5.41) is 9.50. The topological polar surface area (TPSA) is 74.8 Å². The number of hydrogen-bond acceptors (Lipinski definition) is 3. The molecule has 0 spiro atoms. The summed E-state index contributed by atoms with van der Waals surface area (Å²) in [5.41, 5.74) is 0.591. The van der Waals surface area contributed by atoms with Crippen molar-refractivity contribution in [1.29, 1.82) is 0 Å². The monoisotopic (exact) mass is 311 g/mol. The van der Waals surface area contributed by atoms with Crippen molar-refractivity contribution in [3.05, 3.63) is 62.0 Å². The first-order valence-corrected chi connectivity index (χ1v) is 6.54. The number of aromatic amines is 1. The summed E-state index contributed by atoms with van der Waals surface area (Å²) in [5.74, 6) is -0.389. The van der Waals surface area contributed by atoms with Gasteiger partial charge in [0, 0.05) is 6.07 Å². The summed E-state index contributed by atoms with van der Waals surface area (Å²) in [7, 11) is 0. The van der Waals surface area contributed by atoms with Crippen LogP contribution >= 0.6 is 23.2 Å². The van der Waals surface area contributed by atoms with E-state index in [0.717, 1.165) is 5.56 Å². The van der Waals surface area contributed by atoms with E-state index < -0.39 is 0 Å². The molecule has 0 saturated carbocycles. The second-order valence-corrected chi connectivity index (χ2v) is 4.99. The number of nitrogens with one attached hydrogen (secondary N) is 2. The Morgan fingerprint density at radius 1 is 1.25 bits per heavy atom. The Kier molecular flexibility index (Phi) is 4.42. The lowest BCUT2D eigenvalue weighted by Crippen LogP contribution is -2.28. The van der Waals surface area contributed by atoms with Gasteiger partial charge in [0.05, 0.1) is 16.1 Å². The van der Waals surface area contributed by atoms with Crippen LogP contribution in [0.1, 0.15) is 29.0 Å². The predicted molar refractivity (Wildman–Crippen MR) is 77.2 cm³/mol. The van der Waals surface area contributed by atoms with Crippen molar-refractivity contribution < 1.29 is 4.79 Å². The van der Waals surface area contributed by atoms with Gasteiger partial charge in [-0.3, -0.25) is 9.59 Å². The number of carbonyl (C=O) groups excluding carboxylic acids is 1. The van der Waals surface area contributed by atoms with Gasteiger partial charge in [0.25, 0.3) is 11.5 Å². The number of amides is 1. The first kappa shape index (κ1) is 14.6. The highest BCUT2D eigenvalue weighted by Crippen LogP contribution is 2.25. The first-order valence-electron chi connectivity index (χ1n) is 5.79. The van der Waals surface area contributed by atoms with Gasteiger partial charge in [-0.05, 0) is 30.7 Å². The zero-order valence-corrected chi connectivity index (χ0v) is 12.0. The van der Waals surface area contributed by atoms with Gasteiger partial charge in [-0.2, -0.15) is 5.10 Å². The second-order valence-electron chi connectivity index (χ2n) is 4.18. The van der Waals surface area contributed by atoms with Crippen LogP contribution in [0, 0.1) is 0 Å². The molecular formula is C13H11Cl2N3O2. The first-order chi connectivity index (χ1) is 9.47. The van der Waals surface area contributed by atoms with Gasteiger partial charge in [0.1, 0.15) is 5.69 Å². The third kappa shape index (κ3) is 3.37. The van der Waals surface area contributed by atoms with Crippen LogP contribution in [-0.4, -0.2) is 16.1 Å². The normalized spacial score (nSPS) is 11.9. The molecule has 2 rings (SSSR count). The molecule has 1 aromatic heterocycles. The Balaban J connectivity index is 2.12. The van der Waals surface area contributed by atoms with Crippen molar-refractivity contribution in [1.82, 2.24) is 15.5 Å². The van der Waals surface area contributed by atoms with Crippen molar-refractivity contribution in [3.63, 3.8) is 0 Å². The number of benzene rings is 1. The molecule has 1 heterocycles. The average Bonchev–Trinajstić information content (AvgIpc) is 2.42. The van der Waals surface area contributed by atoms with Crippen LogP contribution in [0.4, 0.5) is 0 Å². The quantitative estimate of drug-likeness (QED) is 0.914. The van der Waals surface area contributed by atoms with Crippen LogP contribution in [0.5, 0.6) is 0 Å². The van der Waals surface area contributed by atoms with Gasteiger partial charge in [-0.1, -0.05) is 29.3 Å². The van der Waals surface area contributed by atoms with Gasteiger partial charge in [0.15, 0.2) is 0 Å². The summed E-state index contributed by atoms with van der Waals surface area (Å²) in [4.78, 5) is 22.8. The van der Waals surface area contributed by atoms with Gasteiger partial charge >= 0.3 is 0 Å². The van der Waals surface area contributed by atoms with E-state index in [1.165, 1.54) is 12.1 Å². The SMILES string of the molecule is CC(NC(=O)c1ccc(=O)[nH]n1)c1ccc(Cl)c(Cl)c1. The highest BCUT2D eigenvalue weighted by molar-refractivity contribution is 6.42. The van der Waals surface area contributed by atoms with Crippen molar-refractivity contribution in [2.45, 2.75) is 13.0 Å². The summed E-state index contributed by atoms with van der Waals surface area (Å²) < 4.78 is 0. The van der Waals surface area contributed by atoms with Gasteiger partial charge in [-0.25, -0.2) is 5.10 Å². The summed E-state index contributed by atoms with van der Waals surface area (Å²) in [6, 6.07) is 7.46. The maximum Gasteiger partial charge on any atom is 0.272 e. The van der Waals surface area contributed by atoms with Gasteiger partial charge in [0.2, 0.25) is 0 Å². The van der Waals surface area contributed by atoms with Crippen LogP contribution in [0.2, 0.25) is 10.0 Å². The summed E-state index contributed by atoms with van der Waals surface area (Å²) in [6.07, 6.45) is 0. The molecular weight excluding hydrogens is 301 g/mol. The zero-order valence-electron chi connectivity index (χ0n) is 10.5. The van der Waals surface area contributed by atoms with Crippen LogP contribution in [0.3, 0.4) is 0 Å². The predicted octanol–water partition coefficient (Wildman–Crippen LogP) is 2.57. The summed E-state index contributed by atoms with van der Waals surface area (Å²) >= 11 is 11.8. The molecule has 20 heavy (non-hydrogen) atoms. The zero-order chi connectivity index (χ0) is 14.7. The Bertz CT molecular complexity index is 680. The Morgan fingerprint density at radius 3 is 2.60 bits per heavy atom. The fraction of sp³-hybridized carbons (Fsp3) is 0.154. The molecule has 0 fully saturated rings. The van der Waals surface area contributed by atoms with E-state index in [-0.39, 0.29) is 23.2 Å². The number of hydrogen-bond donors (Lipinski definition) is 2. The number of rotatable bonds is 3. The molecule has 2 N–H and O–H groups in total. The van der Waals surface area contributed by atoms with E-state index in [9.17, 15) is 9.59 Å². The van der Waals surface area contributed by atoms with Gasteiger partial charge < -0.3 is 5.32 Å². The third-order valence-electron chi connectivity index (χ3n) is 2.70. The molecule has 0 aliphatic rings. The van der Waals surface area contributed by atoms with Crippen LogP contribution in [0.25, 0.3) is 0 Å². The van der Waals surface area contributed by atoms with E-state index >= 15 is 0 Å². The lowest BCUT2D eigenvalue weighted by molar-refractivity contribution is 0.0933. The minimum Gasteiger partial charge on any atom is -0.344 e. The van der Waals surface area contributed by atoms with E-state index in [1.54, 1.807) is 18.2 Å². The maximum atomic E-state index is 11.9. The molecule has 2 aromatic rings. The third-order valence-corrected chi connectivity index (χ3v) is 3.44. The highest BCUT2D eigenvalue weighted by atomic mass is 35.5. The minimum atomic E-state index is -0.389. The van der Waals surface area contributed by atoms with E-state index in [4.69, 9.17) is 23.2 Å². The van der Waals surface area contributed by atoms with Crippen LogP contribution in [0.15, 0.2) is 35.1 Å². The Hall–Kier alpha value is -1.85. The van der Waals surface area contributed by atoms with Crippen molar-refractivity contribution in [2.24, 2.45) is 0 Å². The average molecular weight is 312 g/mol. The largest absolute Gasteiger partial charge is 0.344 e. The molecule has 0 saturated heterocycles. The molecule has 104 valence electrons. The molecule has 0 aliphatic heterocycles. The minimum absolute atomic E-state index is 0.136. The standard InChI is InChI=1S/C13H11Cl2N3O2/c1-7(8-2-3-9(14)10(15)6-8)16-13(20)11-4-5-12(19)18-17-11/h2-7H,1H3,(H,16,20)(H,18,19). The lowest BCUT2D eigenvalue weighted by atomic mass is 10.1. The molecule has 1 unspecified atom stereocenters. The molecule has 0 bridgehead atoms. The second kappa shape index (κ2) is 6.07. The van der Waals surface area contributed by atoms with E-state index in [2.05, 4.69) is 15.5 Å². The molecule has 7 heteroatoms. The molecule has 1 aromatic carbocycles. The van der Waals surface area contributed by atoms with E-state index in [1.807, 2.05) is 6.92 Å². The fourth-order valence-electron chi connectivity index (χ4n) is 1.61. The van der Waals surface area contributed by atoms with Crippen molar-refractivity contribution in [3.8, 4) is 0 Å². The van der Waals surface area contributed by atoms with Crippen LogP contribution < -0.4 is 10.9 Å². The van der Waals surface area contributed by atoms with Crippen molar-refractivity contribution >= 4 is 29.1 Å². The fourth-order valence-corrected chi connectivity index (χ4v) is 1.91. The number of halogens is 2. The number of aromatic nitrogens is 2. The molecule has 0 aliphatic carbocycles. The highest BCUT2D eigenvalue weighted by Gasteiger charge is 2.13. The molecule has 0 radical (unpaired) electrons.